The first-order valence-electron chi connectivity index (χ1n) is 17.0. The van der Waals surface area contributed by atoms with Gasteiger partial charge in [-0.2, -0.15) is 9.13 Å². The molecule has 0 saturated carbocycles. The number of benzene rings is 5. The molecule has 3 aromatic heterocycles. The molecule has 0 aliphatic heterocycles. The van der Waals surface area contributed by atoms with Crippen molar-refractivity contribution in [2.75, 3.05) is 0 Å². The van der Waals surface area contributed by atoms with E-state index in [9.17, 15) is 0 Å². The van der Waals surface area contributed by atoms with Gasteiger partial charge in [0.2, 0.25) is 0 Å². The summed E-state index contributed by atoms with van der Waals surface area (Å²) in [5.74, 6) is 2.52. The Hall–Kier alpha value is -5.68. The molecule has 0 atom stereocenters. The maximum absolute atomic E-state index is 6.92. The van der Waals surface area contributed by atoms with Crippen LogP contribution >= 0.6 is 0 Å². The Morgan fingerprint density at radius 3 is 1.92 bits per heavy atom. The van der Waals surface area contributed by atoms with E-state index in [1.807, 2.05) is 6.20 Å². The Labute approximate surface area is 287 Å². The molecule has 242 valence electrons. The fourth-order valence-corrected chi connectivity index (χ4v) is 6.87. The van der Waals surface area contributed by atoms with E-state index in [0.29, 0.717) is 0 Å². The van der Waals surface area contributed by atoms with Crippen LogP contribution in [0.4, 0.5) is 0 Å². The molecule has 0 aliphatic rings. The zero-order valence-electron chi connectivity index (χ0n) is 29.0. The number of imidazole rings is 1. The van der Waals surface area contributed by atoms with E-state index in [1.54, 1.807) is 0 Å². The molecule has 8 aromatic rings. The van der Waals surface area contributed by atoms with Crippen molar-refractivity contribution in [1.82, 2.24) is 18.7 Å². The lowest BCUT2D eigenvalue weighted by molar-refractivity contribution is 0.455. The topological polar surface area (TPSA) is 36.9 Å². The molecule has 3 heterocycles. The summed E-state index contributed by atoms with van der Waals surface area (Å²) in [6.45, 7) is 13.4. The minimum Gasteiger partial charge on any atom is -0.456 e. The SMILES string of the molecule is CC(C)(C)c1ccnc(-n2c3ccccc3c3ccc(Oc4cc(-n5[cH+]n(-c6ccccc6)c6ccccc65)ccc4C(C)(C)C)cc32)c1. The van der Waals surface area contributed by atoms with Crippen LogP contribution in [0.3, 0.4) is 0 Å². The maximum atomic E-state index is 6.92. The highest BCUT2D eigenvalue weighted by atomic mass is 16.5. The van der Waals surface area contributed by atoms with Gasteiger partial charge in [0.1, 0.15) is 28.7 Å². The van der Waals surface area contributed by atoms with E-state index in [1.165, 1.54) is 16.3 Å². The Morgan fingerprint density at radius 2 is 1.20 bits per heavy atom. The lowest BCUT2D eigenvalue weighted by Gasteiger charge is -2.23. The summed E-state index contributed by atoms with van der Waals surface area (Å²) in [7, 11) is 0. The molecule has 0 fully saturated rings. The third-order valence-corrected chi connectivity index (χ3v) is 9.43. The monoisotopic (exact) mass is 641 g/mol. The van der Waals surface area contributed by atoms with Crippen LogP contribution in [0, 0.1) is 0 Å². The smallest absolute Gasteiger partial charge is 0.168 e. The zero-order chi connectivity index (χ0) is 33.9. The van der Waals surface area contributed by atoms with Crippen molar-refractivity contribution >= 4 is 32.8 Å². The van der Waals surface area contributed by atoms with Crippen molar-refractivity contribution in [1.29, 1.82) is 0 Å². The molecule has 0 aliphatic carbocycles. The lowest BCUT2D eigenvalue weighted by Crippen LogP contribution is -2.13. The fourth-order valence-electron chi connectivity index (χ4n) is 6.87. The van der Waals surface area contributed by atoms with Crippen LogP contribution in [0.2, 0.25) is 0 Å². The van der Waals surface area contributed by atoms with E-state index in [4.69, 9.17) is 9.72 Å². The van der Waals surface area contributed by atoms with Crippen molar-refractivity contribution in [2.24, 2.45) is 0 Å². The Balaban J connectivity index is 1.28. The number of nitrogens with zero attached hydrogens (tertiary/aromatic N) is 4. The quantitative estimate of drug-likeness (QED) is 0.175. The predicted octanol–water partition coefficient (Wildman–Crippen LogP) is 11.6. The van der Waals surface area contributed by atoms with Gasteiger partial charge in [-0.1, -0.05) is 90.1 Å². The molecule has 49 heavy (non-hydrogen) atoms. The highest BCUT2D eigenvalue weighted by Gasteiger charge is 2.24. The number of rotatable bonds is 5. The second-order valence-electron chi connectivity index (χ2n) is 14.9. The highest BCUT2D eigenvalue weighted by molar-refractivity contribution is 6.09. The zero-order valence-corrected chi connectivity index (χ0v) is 29.0. The number of pyridine rings is 1. The molecular formula is C44H41N4O+. The molecule has 0 amide bonds. The number of aromatic nitrogens is 4. The van der Waals surface area contributed by atoms with E-state index in [2.05, 4.69) is 189 Å². The summed E-state index contributed by atoms with van der Waals surface area (Å²) in [5, 5.41) is 2.36. The van der Waals surface area contributed by atoms with Crippen LogP contribution in [-0.2, 0) is 10.8 Å². The van der Waals surface area contributed by atoms with Crippen molar-refractivity contribution in [3.63, 3.8) is 0 Å². The highest BCUT2D eigenvalue weighted by Crippen LogP contribution is 2.40. The Kier molecular flexibility index (Phi) is 7.18. The summed E-state index contributed by atoms with van der Waals surface area (Å²) in [6, 6.07) is 44.9. The van der Waals surface area contributed by atoms with E-state index < -0.39 is 0 Å². The molecule has 5 aromatic carbocycles. The minimum absolute atomic E-state index is 0.00447. The minimum atomic E-state index is -0.132. The summed E-state index contributed by atoms with van der Waals surface area (Å²) in [6.07, 6.45) is 4.09. The van der Waals surface area contributed by atoms with Crippen LogP contribution in [0.1, 0.15) is 52.7 Å². The van der Waals surface area contributed by atoms with Gasteiger partial charge in [-0.05, 0) is 71.0 Å². The van der Waals surface area contributed by atoms with Crippen LogP contribution in [-0.4, -0.2) is 18.7 Å². The number of ether oxygens (including phenoxy) is 1. The first-order chi connectivity index (χ1) is 23.6. The summed E-state index contributed by atoms with van der Waals surface area (Å²) >= 11 is 0. The first kappa shape index (κ1) is 30.6. The number of hydrogen-bond donors (Lipinski definition) is 0. The third kappa shape index (κ3) is 5.45. The first-order valence-corrected chi connectivity index (χ1v) is 17.0. The largest absolute Gasteiger partial charge is 0.456 e. The predicted molar refractivity (Wildman–Crippen MR) is 203 cm³/mol. The van der Waals surface area contributed by atoms with Gasteiger partial charge >= 0.3 is 0 Å². The van der Waals surface area contributed by atoms with Gasteiger partial charge in [0.05, 0.1) is 11.0 Å². The van der Waals surface area contributed by atoms with Gasteiger partial charge in [0, 0.05) is 46.8 Å². The van der Waals surface area contributed by atoms with Gasteiger partial charge in [-0.15, -0.1) is 0 Å². The van der Waals surface area contributed by atoms with Gasteiger partial charge in [-0.3, -0.25) is 4.57 Å². The molecule has 5 heteroatoms. The average Bonchev–Trinajstić information content (AvgIpc) is 3.64. The van der Waals surface area contributed by atoms with E-state index in [0.717, 1.165) is 56.3 Å². The van der Waals surface area contributed by atoms with Crippen LogP contribution in [0.25, 0.3) is 50.0 Å². The maximum Gasteiger partial charge on any atom is 0.168 e. The molecule has 8 rings (SSSR count). The van der Waals surface area contributed by atoms with Gasteiger partial charge in [-0.25, -0.2) is 4.98 Å². The Morgan fingerprint density at radius 1 is 0.551 bits per heavy atom. The molecule has 0 saturated heterocycles. The van der Waals surface area contributed by atoms with Gasteiger partial charge < -0.3 is 4.74 Å². The summed E-state index contributed by atoms with van der Waals surface area (Å²) in [5.41, 5.74) is 8.85. The normalized spacial score (nSPS) is 12.3. The molecule has 0 bridgehead atoms. The second-order valence-corrected chi connectivity index (χ2v) is 14.9. The van der Waals surface area contributed by atoms with E-state index >= 15 is 0 Å². The molecule has 0 spiro atoms. The van der Waals surface area contributed by atoms with E-state index in [-0.39, 0.29) is 10.8 Å². The van der Waals surface area contributed by atoms with Crippen LogP contribution < -0.4 is 4.74 Å². The molecule has 0 N–H and O–H groups in total. The fraction of sp³-hybridized carbons (Fsp3) is 0.182. The molecular weight excluding hydrogens is 601 g/mol. The average molecular weight is 642 g/mol. The van der Waals surface area contributed by atoms with Gasteiger partial charge in [0.15, 0.2) is 17.4 Å². The standard InChI is InChI=1S/C44H41N4O/c1-43(2,3)30-24-25-45-42(26-30)48-37-17-11-10-16-34(37)35-22-21-33(28-40(35)48)49-41-27-32(20-23-36(41)44(4,5)6)47-29-46(31-14-8-7-9-15-31)38-18-12-13-19-39(38)47/h7-29H,1-6H3/q+1. The number of para-hydroxylation sites is 4. The summed E-state index contributed by atoms with van der Waals surface area (Å²) in [4.78, 5) is 4.87. The molecule has 0 unspecified atom stereocenters. The second kappa shape index (κ2) is 11.5. The van der Waals surface area contributed by atoms with Crippen molar-refractivity contribution in [3.8, 4) is 28.7 Å². The van der Waals surface area contributed by atoms with Crippen LogP contribution in [0.15, 0.2) is 140 Å². The van der Waals surface area contributed by atoms with Gasteiger partial charge in [0.25, 0.3) is 0 Å². The lowest BCUT2D eigenvalue weighted by atomic mass is 9.86. The Bertz CT molecular complexity index is 2490. The van der Waals surface area contributed by atoms with Crippen molar-refractivity contribution < 1.29 is 4.74 Å². The number of hydrogen-bond acceptors (Lipinski definition) is 2. The van der Waals surface area contributed by atoms with Crippen molar-refractivity contribution in [2.45, 2.75) is 52.4 Å². The molecule has 0 radical (unpaired) electrons. The number of fused-ring (bicyclic) bond motifs is 4. The van der Waals surface area contributed by atoms with Crippen LogP contribution in [0.5, 0.6) is 11.5 Å². The third-order valence-electron chi connectivity index (χ3n) is 9.43. The summed E-state index contributed by atoms with van der Waals surface area (Å²) < 4.78 is 13.7. The van der Waals surface area contributed by atoms with Crippen molar-refractivity contribution in [3.05, 3.63) is 151 Å². The molecule has 5 nitrogen and oxygen atoms in total.